The maximum Gasteiger partial charge on any atom is 1.00 e. The van der Waals surface area contributed by atoms with E-state index >= 15 is 0 Å². The first-order chi connectivity index (χ1) is 8.57. The minimum atomic E-state index is -5.17. The molecule has 104 valence electrons. The molecule has 0 bridgehead atoms. The van der Waals surface area contributed by atoms with Gasteiger partial charge in [-0.1, -0.05) is 30.3 Å². The molecule has 0 radical (unpaired) electrons. The topological polar surface area (TPSA) is 135 Å². The van der Waals surface area contributed by atoms with Crippen LogP contribution in [0.25, 0.3) is 10.8 Å². The number of fused-ring (bicyclic) bond motifs is 1. The van der Waals surface area contributed by atoms with Crippen LogP contribution in [0.1, 0.15) is 0 Å². The molecule has 0 amide bonds. The van der Waals surface area contributed by atoms with Crippen LogP contribution in [-0.4, -0.2) is 30.5 Å². The van der Waals surface area contributed by atoms with Gasteiger partial charge in [0.15, 0.2) is 0 Å². The van der Waals surface area contributed by atoms with Crippen LogP contribution in [0, 0.1) is 0 Å². The Morgan fingerprint density at radius 2 is 1.24 bits per heavy atom. The maximum absolute atomic E-state index is 10.8. The van der Waals surface area contributed by atoms with E-state index in [1.54, 1.807) is 12.1 Å². The molecule has 0 aromatic heterocycles. The first-order valence-electron chi connectivity index (χ1n) is 4.70. The monoisotopic (exact) mass is 350 g/mol. The molecule has 1 N–H and O–H groups in total. The van der Waals surface area contributed by atoms with Crippen LogP contribution in [0.5, 0.6) is 0 Å². The van der Waals surface area contributed by atoms with Crippen molar-refractivity contribution in [3.05, 3.63) is 42.5 Å². The molecule has 0 saturated carbocycles. The van der Waals surface area contributed by atoms with Gasteiger partial charge in [0.1, 0.15) is 0 Å². The zero-order valence-corrected chi connectivity index (χ0v) is 16.9. The second-order valence-electron chi connectivity index (χ2n) is 3.39. The summed E-state index contributed by atoms with van der Waals surface area (Å²) in [5.41, 5.74) is 0. The third-order valence-electron chi connectivity index (χ3n) is 2.02. The fourth-order valence-corrected chi connectivity index (χ4v) is 1.84. The third kappa shape index (κ3) is 9.97. The largest absolute Gasteiger partial charge is 1.00 e. The van der Waals surface area contributed by atoms with E-state index in [9.17, 15) is 8.42 Å². The van der Waals surface area contributed by atoms with Gasteiger partial charge in [-0.15, -0.1) is 0 Å². The van der Waals surface area contributed by atoms with Gasteiger partial charge in [-0.25, -0.2) is 0 Å². The summed E-state index contributed by atoms with van der Waals surface area (Å²) in [6, 6.07) is 11.9. The molecule has 0 fully saturated rings. The van der Waals surface area contributed by atoms with Crippen molar-refractivity contribution in [2.75, 3.05) is 0 Å². The van der Waals surface area contributed by atoms with Crippen molar-refractivity contribution in [1.82, 2.24) is 0 Å². The summed E-state index contributed by atoms with van der Waals surface area (Å²) in [6.45, 7) is 0. The first-order valence-corrected chi connectivity index (χ1v) is 7.48. The average Bonchev–Trinajstić information content (AvgIpc) is 2.25. The van der Waals surface area contributed by atoms with Crippen LogP contribution in [0.3, 0.4) is 0 Å². The molecule has 11 heteroatoms. The van der Waals surface area contributed by atoms with E-state index in [1.165, 1.54) is 12.1 Å². The molecule has 21 heavy (non-hydrogen) atoms. The first kappa shape index (κ1) is 23.7. The molecule has 2 rings (SSSR count). The van der Waals surface area contributed by atoms with Gasteiger partial charge in [-0.2, -0.15) is 8.42 Å². The summed E-state index contributed by atoms with van der Waals surface area (Å²) >= 11 is 0. The average molecular weight is 350 g/mol. The van der Waals surface area contributed by atoms with E-state index in [4.69, 9.17) is 22.1 Å². The zero-order valence-electron chi connectivity index (χ0n) is 11.3. The molecular formula is C10H8Na2O7S2. The van der Waals surface area contributed by atoms with Gasteiger partial charge in [0.05, 0.1) is 4.90 Å². The SMILES string of the molecule is O=S(=O)(O)c1ccc2ccccc2c1.O=S(=O)([O-])[O-].[Na+].[Na+]. The Morgan fingerprint density at radius 3 is 1.67 bits per heavy atom. The smallest absolute Gasteiger partial charge is 0.759 e. The molecule has 0 spiro atoms. The van der Waals surface area contributed by atoms with Crippen LogP contribution >= 0.6 is 0 Å². The van der Waals surface area contributed by atoms with Gasteiger partial charge in [0, 0.05) is 10.4 Å². The molecule has 0 unspecified atom stereocenters. The van der Waals surface area contributed by atoms with Gasteiger partial charge in [-0.3, -0.25) is 13.0 Å². The van der Waals surface area contributed by atoms with Gasteiger partial charge in [0.2, 0.25) is 0 Å². The Balaban J connectivity index is 0. The molecule has 2 aromatic rings. The van der Waals surface area contributed by atoms with Crippen LogP contribution in [0.15, 0.2) is 47.4 Å². The molecular weight excluding hydrogens is 342 g/mol. The number of hydrogen-bond acceptors (Lipinski definition) is 6. The Kier molecular flexibility index (Phi) is 10.8. The summed E-state index contributed by atoms with van der Waals surface area (Å²) in [5, 5.41) is 1.74. The fourth-order valence-electron chi connectivity index (χ4n) is 1.33. The van der Waals surface area contributed by atoms with E-state index in [0.717, 1.165) is 10.8 Å². The Hall–Kier alpha value is 0.480. The van der Waals surface area contributed by atoms with Gasteiger partial charge in [-0.05, 0) is 22.9 Å². The second kappa shape index (κ2) is 9.58. The Bertz CT molecular complexity index is 780. The molecule has 0 aliphatic heterocycles. The fraction of sp³-hybridized carbons (Fsp3) is 0. The van der Waals surface area contributed by atoms with Crippen molar-refractivity contribution in [3.8, 4) is 0 Å². The molecule has 0 heterocycles. The van der Waals surface area contributed by atoms with Gasteiger partial charge < -0.3 is 9.11 Å². The van der Waals surface area contributed by atoms with Crippen LogP contribution in [-0.2, 0) is 20.5 Å². The molecule has 0 aliphatic rings. The van der Waals surface area contributed by atoms with E-state index in [1.807, 2.05) is 18.2 Å². The minimum absolute atomic E-state index is 0. The van der Waals surface area contributed by atoms with Crippen molar-refractivity contribution < 1.29 is 89.6 Å². The zero-order chi connectivity index (χ0) is 14.7. The van der Waals surface area contributed by atoms with Crippen molar-refractivity contribution in [1.29, 1.82) is 0 Å². The summed E-state index contributed by atoms with van der Waals surface area (Å²) < 4.78 is 64.6. The van der Waals surface area contributed by atoms with E-state index in [0.29, 0.717) is 0 Å². The maximum atomic E-state index is 10.8. The Morgan fingerprint density at radius 1 is 0.810 bits per heavy atom. The van der Waals surface area contributed by atoms with Crippen molar-refractivity contribution >= 4 is 31.3 Å². The quantitative estimate of drug-likeness (QED) is 0.308. The number of rotatable bonds is 1. The van der Waals surface area contributed by atoms with E-state index in [2.05, 4.69) is 0 Å². The second-order valence-corrected chi connectivity index (χ2v) is 5.63. The van der Waals surface area contributed by atoms with Crippen molar-refractivity contribution in [2.45, 2.75) is 4.90 Å². The van der Waals surface area contributed by atoms with Crippen molar-refractivity contribution in [3.63, 3.8) is 0 Å². The van der Waals surface area contributed by atoms with Crippen LogP contribution in [0.2, 0.25) is 0 Å². The van der Waals surface area contributed by atoms with Crippen LogP contribution in [0.4, 0.5) is 0 Å². The predicted molar refractivity (Wildman–Crippen MR) is 64.2 cm³/mol. The van der Waals surface area contributed by atoms with Gasteiger partial charge >= 0.3 is 59.1 Å². The molecule has 0 atom stereocenters. The van der Waals surface area contributed by atoms with Crippen LogP contribution < -0.4 is 59.1 Å². The normalized spacial score (nSPS) is 10.6. The summed E-state index contributed by atoms with van der Waals surface area (Å²) in [4.78, 5) is -0.0730. The van der Waals surface area contributed by atoms with Crippen molar-refractivity contribution in [2.24, 2.45) is 0 Å². The summed E-state index contributed by atoms with van der Waals surface area (Å²) in [5.74, 6) is 0. The molecule has 7 nitrogen and oxygen atoms in total. The Labute approximate surface area is 166 Å². The van der Waals surface area contributed by atoms with Gasteiger partial charge in [0.25, 0.3) is 10.1 Å². The summed E-state index contributed by atoms with van der Waals surface area (Å²) in [7, 11) is -9.26. The van der Waals surface area contributed by atoms with E-state index in [-0.39, 0.29) is 64.0 Å². The van der Waals surface area contributed by atoms with E-state index < -0.39 is 20.5 Å². The minimum Gasteiger partial charge on any atom is -0.759 e. The number of hydrogen-bond donors (Lipinski definition) is 1. The molecule has 0 aliphatic carbocycles. The molecule has 0 saturated heterocycles. The predicted octanol–water partition coefficient (Wildman–Crippen LogP) is -5.24. The summed E-state index contributed by atoms with van der Waals surface area (Å²) in [6.07, 6.45) is 0. The number of benzene rings is 2. The molecule has 2 aromatic carbocycles. The third-order valence-corrected chi connectivity index (χ3v) is 2.87. The standard InChI is InChI=1S/C10H8O3S.2Na.H2O4S/c11-14(12,13)10-6-5-8-3-1-2-4-9(8)7-10;;;1-5(2,3)4/h1-7H,(H,11,12,13);;;(H2,1,2,3,4)/q;2*+1;/p-2.